The van der Waals surface area contributed by atoms with Crippen LogP contribution in [0.15, 0.2) is 24.3 Å². The van der Waals surface area contributed by atoms with Crippen LogP contribution in [0.25, 0.3) is 0 Å². The molecule has 1 unspecified atom stereocenters. The number of aryl methyl sites for hydroxylation is 1. The number of urea groups is 1. The summed E-state index contributed by atoms with van der Waals surface area (Å²) in [5.74, 6) is -0.720. The third kappa shape index (κ3) is 3.54. The van der Waals surface area contributed by atoms with Crippen molar-refractivity contribution in [3.8, 4) is 0 Å². The Morgan fingerprint density at radius 3 is 2.71 bits per heavy atom. The molecule has 0 radical (unpaired) electrons. The molecule has 0 aliphatic carbocycles. The number of benzene rings is 1. The second-order valence-corrected chi connectivity index (χ2v) is 5.51. The molecule has 1 aliphatic heterocycles. The Morgan fingerprint density at radius 2 is 2.10 bits per heavy atom. The summed E-state index contributed by atoms with van der Waals surface area (Å²) in [6.45, 7) is 5.72. The van der Waals surface area contributed by atoms with E-state index in [0.717, 1.165) is 17.7 Å². The highest BCUT2D eigenvalue weighted by Gasteiger charge is 2.30. The van der Waals surface area contributed by atoms with Crippen LogP contribution in [0.1, 0.15) is 25.3 Å². The van der Waals surface area contributed by atoms with E-state index < -0.39 is 5.97 Å². The molecule has 0 spiro atoms. The van der Waals surface area contributed by atoms with Crippen LogP contribution in [0.4, 0.5) is 10.5 Å². The van der Waals surface area contributed by atoms with Crippen molar-refractivity contribution in [3.63, 3.8) is 0 Å². The molecular formula is C16H22N2O3. The molecule has 1 atom stereocenters. The van der Waals surface area contributed by atoms with E-state index in [2.05, 4.69) is 0 Å². The lowest BCUT2D eigenvalue weighted by Gasteiger charge is -2.28. The van der Waals surface area contributed by atoms with Gasteiger partial charge in [-0.25, -0.2) is 4.79 Å². The average Bonchev–Trinajstić information content (AvgIpc) is 2.89. The fraction of sp³-hybridized carbons (Fsp3) is 0.500. The molecule has 1 heterocycles. The van der Waals surface area contributed by atoms with E-state index in [1.54, 1.807) is 9.80 Å². The smallest absolute Gasteiger partial charge is 0.324 e. The quantitative estimate of drug-likeness (QED) is 0.927. The number of carboxylic acids is 1. The predicted molar refractivity (Wildman–Crippen MR) is 81.5 cm³/mol. The average molecular weight is 290 g/mol. The minimum atomic E-state index is -0.791. The SMILES string of the molecule is CCN(C(=O)N1CCC(CC(=O)O)C1)c1ccccc1C. The van der Waals surface area contributed by atoms with E-state index in [0.29, 0.717) is 19.6 Å². The summed E-state index contributed by atoms with van der Waals surface area (Å²) in [6, 6.07) is 7.79. The van der Waals surface area contributed by atoms with Gasteiger partial charge in [0.15, 0.2) is 0 Å². The van der Waals surface area contributed by atoms with Crippen LogP contribution in [0, 0.1) is 12.8 Å². The van der Waals surface area contributed by atoms with Crippen molar-refractivity contribution in [1.82, 2.24) is 4.90 Å². The molecule has 1 aromatic carbocycles. The molecule has 1 aliphatic rings. The Morgan fingerprint density at radius 1 is 1.38 bits per heavy atom. The van der Waals surface area contributed by atoms with Gasteiger partial charge in [-0.15, -0.1) is 0 Å². The predicted octanol–water partition coefficient (Wildman–Crippen LogP) is 2.74. The van der Waals surface area contributed by atoms with Crippen LogP contribution in [-0.2, 0) is 4.79 Å². The van der Waals surface area contributed by atoms with E-state index in [9.17, 15) is 9.59 Å². The van der Waals surface area contributed by atoms with E-state index in [4.69, 9.17) is 5.11 Å². The maximum Gasteiger partial charge on any atom is 0.324 e. The Balaban J connectivity index is 2.08. The standard InChI is InChI=1S/C16H22N2O3/c1-3-18(14-7-5-4-6-12(14)2)16(21)17-9-8-13(11-17)10-15(19)20/h4-7,13H,3,8-11H2,1-2H3,(H,19,20). The number of rotatable bonds is 4. The molecule has 0 saturated carbocycles. The van der Waals surface area contributed by atoms with Gasteiger partial charge in [0.05, 0.1) is 0 Å². The molecule has 0 bridgehead atoms. The molecule has 5 heteroatoms. The zero-order chi connectivity index (χ0) is 15.4. The number of nitrogens with zero attached hydrogens (tertiary/aromatic N) is 2. The van der Waals surface area contributed by atoms with Gasteiger partial charge in [-0.3, -0.25) is 9.69 Å². The number of carboxylic acid groups (broad SMARTS) is 1. The van der Waals surface area contributed by atoms with Crippen molar-refractivity contribution < 1.29 is 14.7 Å². The van der Waals surface area contributed by atoms with Crippen molar-refractivity contribution >= 4 is 17.7 Å². The number of para-hydroxylation sites is 1. The van der Waals surface area contributed by atoms with Gasteiger partial charge in [0, 0.05) is 31.7 Å². The molecule has 0 aromatic heterocycles. The third-order valence-corrected chi connectivity index (χ3v) is 3.97. The van der Waals surface area contributed by atoms with Crippen LogP contribution < -0.4 is 4.90 Å². The number of hydrogen-bond acceptors (Lipinski definition) is 2. The van der Waals surface area contributed by atoms with Gasteiger partial charge in [-0.05, 0) is 37.8 Å². The zero-order valence-corrected chi connectivity index (χ0v) is 12.6. The Hall–Kier alpha value is -2.04. The van der Waals surface area contributed by atoms with E-state index >= 15 is 0 Å². The normalized spacial score (nSPS) is 17.8. The van der Waals surface area contributed by atoms with Crippen LogP contribution in [-0.4, -0.2) is 41.6 Å². The first kappa shape index (κ1) is 15.4. The number of carbonyl (C=O) groups is 2. The number of carbonyl (C=O) groups excluding carboxylic acids is 1. The number of aliphatic carboxylic acids is 1. The Bertz CT molecular complexity index is 530. The highest BCUT2D eigenvalue weighted by molar-refractivity contribution is 5.93. The molecule has 114 valence electrons. The summed E-state index contributed by atoms with van der Waals surface area (Å²) < 4.78 is 0. The number of amides is 2. The fourth-order valence-corrected chi connectivity index (χ4v) is 2.87. The Labute approximate surface area is 125 Å². The van der Waals surface area contributed by atoms with Crippen LogP contribution in [0.3, 0.4) is 0 Å². The molecular weight excluding hydrogens is 268 g/mol. The van der Waals surface area contributed by atoms with Crippen LogP contribution in [0.2, 0.25) is 0 Å². The number of likely N-dealkylation sites (tertiary alicyclic amines) is 1. The molecule has 1 fully saturated rings. The summed E-state index contributed by atoms with van der Waals surface area (Å²) in [7, 11) is 0. The fourth-order valence-electron chi connectivity index (χ4n) is 2.87. The summed E-state index contributed by atoms with van der Waals surface area (Å²) in [5, 5.41) is 8.85. The minimum Gasteiger partial charge on any atom is -0.481 e. The van der Waals surface area contributed by atoms with Gasteiger partial charge in [-0.2, -0.15) is 0 Å². The second kappa shape index (κ2) is 6.61. The largest absolute Gasteiger partial charge is 0.481 e. The van der Waals surface area contributed by atoms with E-state index in [1.165, 1.54) is 0 Å². The highest BCUT2D eigenvalue weighted by Crippen LogP contribution is 2.25. The van der Waals surface area contributed by atoms with Gasteiger partial charge >= 0.3 is 12.0 Å². The van der Waals surface area contributed by atoms with E-state index in [-0.39, 0.29) is 18.4 Å². The first-order valence-corrected chi connectivity index (χ1v) is 7.36. The van der Waals surface area contributed by atoms with Crippen molar-refractivity contribution in [3.05, 3.63) is 29.8 Å². The van der Waals surface area contributed by atoms with Crippen molar-refractivity contribution in [2.45, 2.75) is 26.7 Å². The van der Waals surface area contributed by atoms with Crippen molar-refractivity contribution in [2.24, 2.45) is 5.92 Å². The minimum absolute atomic E-state index is 0.0281. The number of hydrogen-bond donors (Lipinski definition) is 1. The van der Waals surface area contributed by atoms with Crippen molar-refractivity contribution in [1.29, 1.82) is 0 Å². The Kier molecular flexibility index (Phi) is 4.83. The first-order chi connectivity index (χ1) is 10.0. The van der Waals surface area contributed by atoms with Crippen LogP contribution >= 0.6 is 0 Å². The number of anilines is 1. The van der Waals surface area contributed by atoms with Crippen LogP contribution in [0.5, 0.6) is 0 Å². The van der Waals surface area contributed by atoms with Gasteiger partial charge in [0.1, 0.15) is 0 Å². The zero-order valence-electron chi connectivity index (χ0n) is 12.6. The van der Waals surface area contributed by atoms with Gasteiger partial charge in [0.25, 0.3) is 0 Å². The van der Waals surface area contributed by atoms with Crippen molar-refractivity contribution in [2.75, 3.05) is 24.5 Å². The van der Waals surface area contributed by atoms with Gasteiger partial charge in [-0.1, -0.05) is 18.2 Å². The maximum absolute atomic E-state index is 12.7. The third-order valence-electron chi connectivity index (χ3n) is 3.97. The molecule has 5 nitrogen and oxygen atoms in total. The lowest BCUT2D eigenvalue weighted by atomic mass is 10.1. The molecule has 21 heavy (non-hydrogen) atoms. The lowest BCUT2D eigenvalue weighted by molar-refractivity contribution is -0.138. The molecule has 2 rings (SSSR count). The molecule has 1 N–H and O–H groups in total. The topological polar surface area (TPSA) is 60.9 Å². The van der Waals surface area contributed by atoms with Gasteiger partial charge in [0.2, 0.25) is 0 Å². The van der Waals surface area contributed by atoms with Gasteiger partial charge < -0.3 is 10.0 Å². The summed E-state index contributed by atoms with van der Waals surface area (Å²) in [4.78, 5) is 27.0. The summed E-state index contributed by atoms with van der Waals surface area (Å²) in [6.07, 6.45) is 0.906. The highest BCUT2D eigenvalue weighted by atomic mass is 16.4. The monoisotopic (exact) mass is 290 g/mol. The van der Waals surface area contributed by atoms with E-state index in [1.807, 2.05) is 38.1 Å². The molecule has 2 amide bonds. The lowest BCUT2D eigenvalue weighted by Crippen LogP contribution is -2.42. The maximum atomic E-state index is 12.7. The summed E-state index contributed by atoms with van der Waals surface area (Å²) in [5.41, 5.74) is 1.99. The molecule has 1 aromatic rings. The first-order valence-electron chi connectivity index (χ1n) is 7.36. The molecule has 1 saturated heterocycles. The second-order valence-electron chi connectivity index (χ2n) is 5.51. The summed E-state index contributed by atoms with van der Waals surface area (Å²) >= 11 is 0.